The highest BCUT2D eigenvalue weighted by Gasteiger charge is 2.18. The molecule has 1 unspecified atom stereocenters. The van der Waals surface area contributed by atoms with E-state index in [0.29, 0.717) is 40.6 Å². The van der Waals surface area contributed by atoms with Gasteiger partial charge in [0.05, 0.1) is 24.7 Å². The van der Waals surface area contributed by atoms with Crippen LogP contribution in [0, 0.1) is 0 Å². The number of thioether (sulfide) groups is 1. The first-order valence-electron chi connectivity index (χ1n) is 13.7. The van der Waals surface area contributed by atoms with Crippen molar-refractivity contribution in [2.75, 3.05) is 24.4 Å². The number of amides is 3. The summed E-state index contributed by atoms with van der Waals surface area (Å²) >= 11 is 1.39. The van der Waals surface area contributed by atoms with E-state index in [1.54, 1.807) is 73.8 Å². The zero-order valence-electron chi connectivity index (χ0n) is 24.1. The maximum absolute atomic E-state index is 13.3. The maximum Gasteiger partial charge on any atom is 0.272 e. The second kappa shape index (κ2) is 15.3. The zero-order valence-corrected chi connectivity index (χ0v) is 24.9. The number of carbonyl (C=O) groups excluding carboxylic acids is 3. The van der Waals surface area contributed by atoms with Crippen molar-refractivity contribution in [3.8, 4) is 11.5 Å². The van der Waals surface area contributed by atoms with Crippen molar-refractivity contribution in [3.05, 3.63) is 120 Å². The highest BCUT2D eigenvalue weighted by Crippen LogP contribution is 2.28. The summed E-state index contributed by atoms with van der Waals surface area (Å²) in [6.07, 6.45) is 1.59. The molecule has 3 amide bonds. The van der Waals surface area contributed by atoms with Gasteiger partial charge in [-0.05, 0) is 86.2 Å². The van der Waals surface area contributed by atoms with Crippen molar-refractivity contribution >= 4 is 46.9 Å². The molecule has 0 spiro atoms. The Kier molecular flexibility index (Phi) is 11.0. The summed E-state index contributed by atoms with van der Waals surface area (Å²) in [6.45, 7) is 4.21. The monoisotopic (exact) mass is 595 g/mol. The van der Waals surface area contributed by atoms with Gasteiger partial charge >= 0.3 is 0 Å². The van der Waals surface area contributed by atoms with Crippen LogP contribution in [0.1, 0.15) is 29.8 Å². The van der Waals surface area contributed by atoms with E-state index in [2.05, 4.69) is 16.0 Å². The molecule has 9 heteroatoms. The van der Waals surface area contributed by atoms with Gasteiger partial charge in [-0.1, -0.05) is 42.5 Å². The number of hydrogen-bond donors (Lipinski definition) is 3. The molecule has 43 heavy (non-hydrogen) atoms. The molecule has 0 aromatic heterocycles. The molecule has 0 aliphatic rings. The van der Waals surface area contributed by atoms with Gasteiger partial charge < -0.3 is 25.4 Å². The third-order valence-electron chi connectivity index (χ3n) is 6.17. The van der Waals surface area contributed by atoms with Gasteiger partial charge in [0.25, 0.3) is 11.8 Å². The SMILES string of the molecule is CCOc1ccccc1NC(=O)C(C)Sc1ccc(NC(=O)/C(=C/c2cccc(OC)c2)NC(=O)c2ccccc2)cc1. The lowest BCUT2D eigenvalue weighted by molar-refractivity contribution is -0.115. The molecule has 8 nitrogen and oxygen atoms in total. The standard InChI is InChI=1S/C34H33N3O5S/c1-4-42-31-16-9-8-15-29(31)36-32(38)23(2)43-28-19-17-26(18-20-28)35-34(40)30(22-24-11-10-14-27(21-24)41-3)37-33(39)25-12-6-5-7-13-25/h5-23H,4H2,1-3H3,(H,35,40)(H,36,38)(H,37,39)/b30-22-. The smallest absolute Gasteiger partial charge is 0.272 e. The van der Waals surface area contributed by atoms with Crippen LogP contribution in [0.2, 0.25) is 0 Å². The zero-order chi connectivity index (χ0) is 30.6. The van der Waals surface area contributed by atoms with E-state index >= 15 is 0 Å². The number of nitrogens with one attached hydrogen (secondary N) is 3. The Morgan fingerprint density at radius 1 is 0.860 bits per heavy atom. The van der Waals surface area contributed by atoms with Gasteiger partial charge in [-0.25, -0.2) is 0 Å². The molecule has 220 valence electrons. The molecule has 4 aromatic rings. The Bertz CT molecular complexity index is 1590. The first kappa shape index (κ1) is 30.9. The lowest BCUT2D eigenvalue weighted by atomic mass is 10.1. The summed E-state index contributed by atoms with van der Waals surface area (Å²) in [5.41, 5.74) is 2.33. The van der Waals surface area contributed by atoms with E-state index in [1.165, 1.54) is 11.8 Å². The number of para-hydroxylation sites is 2. The molecule has 0 aliphatic carbocycles. The first-order chi connectivity index (χ1) is 20.9. The Hall–Kier alpha value is -5.02. The fourth-order valence-electron chi connectivity index (χ4n) is 4.00. The number of benzene rings is 4. The van der Waals surface area contributed by atoms with Crippen molar-refractivity contribution in [1.82, 2.24) is 5.32 Å². The van der Waals surface area contributed by atoms with Crippen LogP contribution in [0.25, 0.3) is 6.08 Å². The van der Waals surface area contributed by atoms with Gasteiger partial charge in [0.1, 0.15) is 17.2 Å². The predicted octanol–water partition coefficient (Wildman–Crippen LogP) is 6.62. The second-order valence-electron chi connectivity index (χ2n) is 9.31. The van der Waals surface area contributed by atoms with Gasteiger partial charge in [-0.2, -0.15) is 0 Å². The van der Waals surface area contributed by atoms with Crippen LogP contribution in [0.3, 0.4) is 0 Å². The topological polar surface area (TPSA) is 106 Å². The molecule has 0 fully saturated rings. The molecule has 0 saturated heterocycles. The fraction of sp³-hybridized carbons (Fsp3) is 0.147. The van der Waals surface area contributed by atoms with Crippen LogP contribution >= 0.6 is 11.8 Å². The number of ether oxygens (including phenoxy) is 2. The Morgan fingerprint density at radius 3 is 2.30 bits per heavy atom. The van der Waals surface area contributed by atoms with Crippen LogP contribution in [0.4, 0.5) is 11.4 Å². The van der Waals surface area contributed by atoms with Crippen LogP contribution in [-0.2, 0) is 9.59 Å². The Morgan fingerprint density at radius 2 is 1.58 bits per heavy atom. The second-order valence-corrected chi connectivity index (χ2v) is 10.7. The first-order valence-corrected chi connectivity index (χ1v) is 14.6. The average Bonchev–Trinajstić information content (AvgIpc) is 3.03. The van der Waals surface area contributed by atoms with E-state index < -0.39 is 11.8 Å². The number of carbonyl (C=O) groups is 3. The average molecular weight is 596 g/mol. The summed E-state index contributed by atoms with van der Waals surface area (Å²) < 4.78 is 10.9. The van der Waals surface area contributed by atoms with Crippen LogP contribution in [-0.4, -0.2) is 36.7 Å². The molecular formula is C34H33N3O5S. The molecule has 4 rings (SSSR count). The molecule has 0 heterocycles. The van der Waals surface area contributed by atoms with Gasteiger partial charge in [0, 0.05) is 16.1 Å². The molecule has 1 atom stereocenters. The summed E-state index contributed by atoms with van der Waals surface area (Å²) in [4.78, 5) is 39.9. The van der Waals surface area contributed by atoms with E-state index in [0.717, 1.165) is 4.90 Å². The molecular weight excluding hydrogens is 562 g/mol. The minimum Gasteiger partial charge on any atom is -0.497 e. The van der Waals surface area contributed by atoms with Crippen LogP contribution < -0.4 is 25.4 Å². The van der Waals surface area contributed by atoms with Gasteiger partial charge in [-0.15, -0.1) is 11.8 Å². The van der Waals surface area contributed by atoms with Crippen molar-refractivity contribution < 1.29 is 23.9 Å². The van der Waals surface area contributed by atoms with E-state index in [4.69, 9.17) is 9.47 Å². The van der Waals surface area contributed by atoms with Crippen molar-refractivity contribution in [1.29, 1.82) is 0 Å². The van der Waals surface area contributed by atoms with E-state index in [1.807, 2.05) is 56.3 Å². The van der Waals surface area contributed by atoms with Crippen molar-refractivity contribution in [2.24, 2.45) is 0 Å². The molecule has 3 N–H and O–H groups in total. The lowest BCUT2D eigenvalue weighted by Gasteiger charge is -2.15. The van der Waals surface area contributed by atoms with Gasteiger partial charge in [0.15, 0.2) is 0 Å². The number of methoxy groups -OCH3 is 1. The molecule has 0 radical (unpaired) electrons. The maximum atomic E-state index is 13.3. The largest absolute Gasteiger partial charge is 0.497 e. The summed E-state index contributed by atoms with van der Waals surface area (Å²) in [5, 5.41) is 8.12. The summed E-state index contributed by atoms with van der Waals surface area (Å²) in [7, 11) is 1.56. The number of rotatable bonds is 12. The molecule has 0 aliphatic heterocycles. The molecule has 0 saturated carbocycles. The Labute approximate surface area is 255 Å². The summed E-state index contributed by atoms with van der Waals surface area (Å²) in [6, 6.07) is 30.3. The van der Waals surface area contributed by atoms with E-state index in [9.17, 15) is 14.4 Å². The van der Waals surface area contributed by atoms with Crippen molar-refractivity contribution in [3.63, 3.8) is 0 Å². The van der Waals surface area contributed by atoms with Gasteiger partial charge in [-0.3, -0.25) is 14.4 Å². The fourth-order valence-corrected chi connectivity index (χ4v) is 4.87. The Balaban J connectivity index is 1.44. The normalized spacial score (nSPS) is 11.7. The third kappa shape index (κ3) is 8.98. The predicted molar refractivity (Wildman–Crippen MR) is 172 cm³/mol. The van der Waals surface area contributed by atoms with Crippen LogP contribution in [0.5, 0.6) is 11.5 Å². The lowest BCUT2D eigenvalue weighted by Crippen LogP contribution is -2.30. The quantitative estimate of drug-likeness (QED) is 0.126. The van der Waals surface area contributed by atoms with Gasteiger partial charge in [0.2, 0.25) is 5.91 Å². The summed E-state index contributed by atoms with van der Waals surface area (Å²) in [5.74, 6) is 0.185. The molecule has 4 aromatic carbocycles. The number of anilines is 2. The minimum absolute atomic E-state index is 0.0678. The third-order valence-corrected chi connectivity index (χ3v) is 7.28. The highest BCUT2D eigenvalue weighted by atomic mass is 32.2. The van der Waals surface area contributed by atoms with E-state index in [-0.39, 0.29) is 16.9 Å². The highest BCUT2D eigenvalue weighted by molar-refractivity contribution is 8.00. The number of hydrogen-bond acceptors (Lipinski definition) is 6. The van der Waals surface area contributed by atoms with Crippen LogP contribution in [0.15, 0.2) is 114 Å². The molecule has 0 bridgehead atoms. The minimum atomic E-state index is -0.492. The van der Waals surface area contributed by atoms with Crippen molar-refractivity contribution in [2.45, 2.75) is 24.0 Å².